The second kappa shape index (κ2) is 8.45. The van der Waals surface area contributed by atoms with E-state index in [2.05, 4.69) is 5.32 Å². The van der Waals surface area contributed by atoms with Gasteiger partial charge in [0.1, 0.15) is 4.88 Å². The molecule has 2 aromatic carbocycles. The Labute approximate surface area is 156 Å². The van der Waals surface area contributed by atoms with E-state index >= 15 is 0 Å². The summed E-state index contributed by atoms with van der Waals surface area (Å²) in [4.78, 5) is 25.0. The number of nitrogens with one attached hydrogen (secondary N) is 1. The maximum Gasteiger partial charge on any atom is 0.349 e. The van der Waals surface area contributed by atoms with Gasteiger partial charge >= 0.3 is 5.97 Å². The van der Waals surface area contributed by atoms with Gasteiger partial charge in [-0.2, -0.15) is 0 Å². The molecule has 0 aliphatic heterocycles. The monoisotopic (exact) mass is 365 g/mol. The van der Waals surface area contributed by atoms with Crippen LogP contribution in [0.25, 0.3) is 0 Å². The lowest BCUT2D eigenvalue weighted by Crippen LogP contribution is -2.33. The van der Waals surface area contributed by atoms with E-state index in [0.29, 0.717) is 4.88 Å². The van der Waals surface area contributed by atoms with Gasteiger partial charge in [-0.1, -0.05) is 60.7 Å². The van der Waals surface area contributed by atoms with Crippen molar-refractivity contribution >= 4 is 23.2 Å². The molecule has 3 aromatic rings. The number of thiophene rings is 1. The van der Waals surface area contributed by atoms with Crippen LogP contribution in [0.4, 0.5) is 0 Å². The van der Waals surface area contributed by atoms with Crippen LogP contribution in [-0.2, 0) is 9.53 Å². The second-order valence-corrected chi connectivity index (χ2v) is 6.75. The van der Waals surface area contributed by atoms with Gasteiger partial charge in [0.05, 0.1) is 6.04 Å². The van der Waals surface area contributed by atoms with Gasteiger partial charge in [0, 0.05) is 0 Å². The van der Waals surface area contributed by atoms with E-state index in [0.717, 1.165) is 16.7 Å². The van der Waals surface area contributed by atoms with Gasteiger partial charge in [-0.25, -0.2) is 4.79 Å². The van der Waals surface area contributed by atoms with E-state index in [1.807, 2.05) is 79.0 Å². The summed E-state index contributed by atoms with van der Waals surface area (Å²) in [7, 11) is 0. The Bertz CT molecular complexity index is 835. The average molecular weight is 365 g/mol. The molecule has 0 saturated heterocycles. The molecule has 4 nitrogen and oxygen atoms in total. The van der Waals surface area contributed by atoms with Crippen molar-refractivity contribution in [2.75, 3.05) is 6.61 Å². The molecule has 0 radical (unpaired) electrons. The van der Waals surface area contributed by atoms with Gasteiger partial charge in [-0.15, -0.1) is 11.3 Å². The summed E-state index contributed by atoms with van der Waals surface area (Å²) in [5.41, 5.74) is 2.78. The molecule has 0 unspecified atom stereocenters. The van der Waals surface area contributed by atoms with E-state index in [1.165, 1.54) is 11.3 Å². The molecule has 0 atom stereocenters. The smallest absolute Gasteiger partial charge is 0.349 e. The van der Waals surface area contributed by atoms with Gasteiger partial charge in [0.2, 0.25) is 0 Å². The first-order chi connectivity index (χ1) is 12.6. The molecule has 1 aromatic heterocycles. The summed E-state index contributed by atoms with van der Waals surface area (Å²) in [5, 5.41) is 4.78. The van der Waals surface area contributed by atoms with Crippen LogP contribution in [0.2, 0.25) is 0 Å². The lowest BCUT2D eigenvalue weighted by molar-refractivity contribution is -0.124. The highest BCUT2D eigenvalue weighted by Crippen LogP contribution is 2.22. The van der Waals surface area contributed by atoms with Crippen LogP contribution in [0.15, 0.2) is 72.1 Å². The van der Waals surface area contributed by atoms with Crippen molar-refractivity contribution in [2.45, 2.75) is 13.0 Å². The SMILES string of the molecule is Cc1ccsc1C(=O)OCC(=O)NC(c1ccccc1)c1ccccc1. The van der Waals surface area contributed by atoms with Crippen molar-refractivity contribution in [1.29, 1.82) is 0 Å². The van der Waals surface area contributed by atoms with Crippen molar-refractivity contribution in [3.63, 3.8) is 0 Å². The number of carbonyl (C=O) groups excluding carboxylic acids is 2. The molecule has 1 N–H and O–H groups in total. The first-order valence-corrected chi connectivity index (χ1v) is 9.13. The molecular formula is C21H19NO3S. The summed E-state index contributed by atoms with van der Waals surface area (Å²) in [6.45, 7) is 1.53. The van der Waals surface area contributed by atoms with Crippen molar-refractivity contribution < 1.29 is 14.3 Å². The first kappa shape index (κ1) is 17.9. The fraction of sp³-hybridized carbons (Fsp3) is 0.143. The Morgan fingerprint density at radius 3 is 2.04 bits per heavy atom. The van der Waals surface area contributed by atoms with Crippen LogP contribution in [0.5, 0.6) is 0 Å². The molecule has 5 heteroatoms. The predicted octanol–water partition coefficient (Wildman–Crippen LogP) is 4.12. The van der Waals surface area contributed by atoms with Crippen LogP contribution < -0.4 is 5.32 Å². The topological polar surface area (TPSA) is 55.4 Å². The third-order valence-corrected chi connectivity index (χ3v) is 4.95. The standard InChI is InChI=1S/C21H19NO3S/c1-15-12-13-26-20(15)21(24)25-14-18(23)22-19(16-8-4-2-5-9-16)17-10-6-3-7-11-17/h2-13,19H,14H2,1H3,(H,22,23). The minimum absolute atomic E-state index is 0.299. The van der Waals surface area contributed by atoms with Crippen LogP contribution >= 0.6 is 11.3 Å². The number of aryl methyl sites for hydroxylation is 1. The average Bonchev–Trinajstić information content (AvgIpc) is 3.11. The number of amides is 1. The third-order valence-electron chi connectivity index (χ3n) is 3.95. The number of esters is 1. The third kappa shape index (κ3) is 4.37. The lowest BCUT2D eigenvalue weighted by Gasteiger charge is -2.19. The highest BCUT2D eigenvalue weighted by Gasteiger charge is 2.18. The molecule has 0 spiro atoms. The molecule has 26 heavy (non-hydrogen) atoms. The number of hydrogen-bond donors (Lipinski definition) is 1. The van der Waals surface area contributed by atoms with E-state index in [1.54, 1.807) is 0 Å². The number of benzene rings is 2. The Morgan fingerprint density at radius 1 is 0.962 bits per heavy atom. The molecular weight excluding hydrogens is 346 g/mol. The zero-order valence-corrected chi connectivity index (χ0v) is 15.2. The van der Waals surface area contributed by atoms with Gasteiger partial charge < -0.3 is 10.1 Å². The van der Waals surface area contributed by atoms with Crippen LogP contribution in [0, 0.1) is 6.92 Å². The molecule has 3 rings (SSSR count). The Morgan fingerprint density at radius 2 is 1.54 bits per heavy atom. The van der Waals surface area contributed by atoms with Crippen molar-refractivity contribution in [2.24, 2.45) is 0 Å². The van der Waals surface area contributed by atoms with Crippen LogP contribution in [0.1, 0.15) is 32.4 Å². The quantitative estimate of drug-likeness (QED) is 0.669. The maximum atomic E-state index is 12.4. The zero-order chi connectivity index (χ0) is 18.4. The fourth-order valence-electron chi connectivity index (χ4n) is 2.63. The summed E-state index contributed by atoms with van der Waals surface area (Å²) in [6.07, 6.45) is 0. The molecule has 132 valence electrons. The predicted molar refractivity (Wildman–Crippen MR) is 102 cm³/mol. The number of carbonyl (C=O) groups is 2. The molecule has 0 fully saturated rings. The van der Waals surface area contributed by atoms with Gasteiger partial charge in [-0.3, -0.25) is 4.79 Å². The van der Waals surface area contributed by atoms with Crippen molar-refractivity contribution in [1.82, 2.24) is 5.32 Å². The Balaban J connectivity index is 1.68. The lowest BCUT2D eigenvalue weighted by atomic mass is 9.99. The number of hydrogen-bond acceptors (Lipinski definition) is 4. The van der Waals surface area contributed by atoms with Crippen LogP contribution in [0.3, 0.4) is 0 Å². The molecule has 1 amide bonds. The van der Waals surface area contributed by atoms with E-state index in [9.17, 15) is 9.59 Å². The minimum Gasteiger partial charge on any atom is -0.451 e. The molecule has 0 aliphatic rings. The molecule has 0 saturated carbocycles. The highest BCUT2D eigenvalue weighted by atomic mass is 32.1. The van der Waals surface area contributed by atoms with Gasteiger partial charge in [-0.05, 0) is 35.1 Å². The number of rotatable bonds is 6. The molecule has 1 heterocycles. The summed E-state index contributed by atoms with van der Waals surface area (Å²) >= 11 is 1.31. The van der Waals surface area contributed by atoms with Gasteiger partial charge in [0.25, 0.3) is 5.91 Å². The molecule has 0 aliphatic carbocycles. The normalized spacial score (nSPS) is 10.5. The summed E-state index contributed by atoms with van der Waals surface area (Å²) < 4.78 is 5.16. The van der Waals surface area contributed by atoms with Gasteiger partial charge in [0.15, 0.2) is 6.61 Å². The van der Waals surface area contributed by atoms with E-state index < -0.39 is 5.97 Å². The summed E-state index contributed by atoms with van der Waals surface area (Å²) in [5.74, 6) is -0.811. The fourth-order valence-corrected chi connectivity index (χ4v) is 3.45. The molecule has 0 bridgehead atoms. The van der Waals surface area contributed by atoms with Crippen molar-refractivity contribution in [3.8, 4) is 0 Å². The van der Waals surface area contributed by atoms with Crippen LogP contribution in [-0.4, -0.2) is 18.5 Å². The zero-order valence-electron chi connectivity index (χ0n) is 14.3. The minimum atomic E-state index is -0.469. The van der Waals surface area contributed by atoms with Crippen molar-refractivity contribution in [3.05, 3.63) is 93.7 Å². The first-order valence-electron chi connectivity index (χ1n) is 8.25. The van der Waals surface area contributed by atoms with E-state index in [-0.39, 0.29) is 18.6 Å². The maximum absolute atomic E-state index is 12.4. The largest absolute Gasteiger partial charge is 0.451 e. The van der Waals surface area contributed by atoms with E-state index in [4.69, 9.17) is 4.74 Å². The second-order valence-electron chi connectivity index (χ2n) is 5.83. The number of ether oxygens (including phenoxy) is 1. The summed E-state index contributed by atoms with van der Waals surface area (Å²) in [6, 6.07) is 20.9. The Hall–Kier alpha value is -2.92. The highest BCUT2D eigenvalue weighted by molar-refractivity contribution is 7.12. The Kier molecular flexibility index (Phi) is 5.81.